The van der Waals surface area contributed by atoms with Gasteiger partial charge in [-0.05, 0) is 56.0 Å². The van der Waals surface area contributed by atoms with E-state index in [4.69, 9.17) is 10.8 Å². The molecule has 1 aliphatic heterocycles. The van der Waals surface area contributed by atoms with Gasteiger partial charge in [-0.25, -0.2) is 0 Å². The minimum absolute atomic E-state index is 0.534. The van der Waals surface area contributed by atoms with Crippen LogP contribution in [0.25, 0.3) is 0 Å². The SMILES string of the molecule is Nc1ccc(N2CN(C3CCCCCC3)N=C(C3CCCCC3)c3ccccc32)cc1. The van der Waals surface area contributed by atoms with Crippen molar-refractivity contribution in [3.63, 3.8) is 0 Å². The molecule has 0 amide bonds. The average Bonchev–Trinajstić information content (AvgIpc) is 3.19. The van der Waals surface area contributed by atoms with Crippen LogP contribution in [0.5, 0.6) is 0 Å². The zero-order valence-corrected chi connectivity index (χ0v) is 18.7. The first-order valence-electron chi connectivity index (χ1n) is 12.4. The Morgan fingerprint density at radius 3 is 2.13 bits per heavy atom. The van der Waals surface area contributed by atoms with E-state index in [1.165, 1.54) is 93.3 Å². The van der Waals surface area contributed by atoms with Crippen LogP contribution in [-0.4, -0.2) is 23.4 Å². The van der Waals surface area contributed by atoms with Crippen LogP contribution in [0, 0.1) is 5.92 Å². The molecular weight excluding hydrogens is 380 g/mol. The normalized spacial score (nSPS) is 21.2. The van der Waals surface area contributed by atoms with Crippen LogP contribution in [0.1, 0.15) is 76.2 Å². The quantitative estimate of drug-likeness (QED) is 0.448. The summed E-state index contributed by atoms with van der Waals surface area (Å²) in [6, 6.07) is 17.8. The molecule has 0 spiro atoms. The fraction of sp³-hybridized carbons (Fsp3) is 0.519. The molecule has 2 aliphatic carbocycles. The molecule has 31 heavy (non-hydrogen) atoms. The molecule has 3 aliphatic rings. The summed E-state index contributed by atoms with van der Waals surface area (Å²) in [6.07, 6.45) is 14.5. The molecule has 0 saturated heterocycles. The topological polar surface area (TPSA) is 44.9 Å². The number of hydrazone groups is 1. The van der Waals surface area contributed by atoms with Gasteiger partial charge >= 0.3 is 0 Å². The second-order valence-corrected chi connectivity index (χ2v) is 9.58. The zero-order chi connectivity index (χ0) is 21.0. The number of benzene rings is 2. The van der Waals surface area contributed by atoms with Gasteiger partial charge in [0.1, 0.15) is 6.67 Å². The molecule has 4 nitrogen and oxygen atoms in total. The van der Waals surface area contributed by atoms with Gasteiger partial charge in [0.2, 0.25) is 0 Å². The van der Waals surface area contributed by atoms with E-state index in [0.29, 0.717) is 12.0 Å². The minimum atomic E-state index is 0.534. The lowest BCUT2D eigenvalue weighted by atomic mass is 9.83. The third-order valence-electron chi connectivity index (χ3n) is 7.44. The first kappa shape index (κ1) is 20.4. The highest BCUT2D eigenvalue weighted by Crippen LogP contribution is 2.38. The molecule has 0 atom stereocenters. The van der Waals surface area contributed by atoms with Crippen LogP contribution < -0.4 is 10.6 Å². The summed E-state index contributed by atoms with van der Waals surface area (Å²) < 4.78 is 0. The fourth-order valence-corrected chi connectivity index (χ4v) is 5.68. The Morgan fingerprint density at radius 2 is 1.39 bits per heavy atom. The van der Waals surface area contributed by atoms with E-state index in [0.717, 1.165) is 12.4 Å². The van der Waals surface area contributed by atoms with Crippen LogP contribution in [0.4, 0.5) is 17.1 Å². The molecule has 2 saturated carbocycles. The number of nitrogens with zero attached hydrogens (tertiary/aromatic N) is 3. The molecule has 0 aromatic heterocycles. The van der Waals surface area contributed by atoms with Crippen molar-refractivity contribution in [3.8, 4) is 0 Å². The predicted molar refractivity (Wildman–Crippen MR) is 131 cm³/mol. The van der Waals surface area contributed by atoms with E-state index in [1.807, 2.05) is 12.1 Å². The Morgan fingerprint density at radius 1 is 0.742 bits per heavy atom. The molecule has 0 unspecified atom stereocenters. The van der Waals surface area contributed by atoms with Gasteiger partial charge in [0.15, 0.2) is 0 Å². The Balaban J connectivity index is 1.59. The van der Waals surface area contributed by atoms with Gasteiger partial charge in [0, 0.05) is 28.9 Å². The first-order valence-corrected chi connectivity index (χ1v) is 12.4. The zero-order valence-electron chi connectivity index (χ0n) is 18.7. The minimum Gasteiger partial charge on any atom is -0.399 e. The fourth-order valence-electron chi connectivity index (χ4n) is 5.68. The maximum atomic E-state index is 6.01. The van der Waals surface area contributed by atoms with Gasteiger partial charge < -0.3 is 10.6 Å². The van der Waals surface area contributed by atoms with Crippen molar-refractivity contribution in [2.75, 3.05) is 17.3 Å². The molecule has 1 heterocycles. The summed E-state index contributed by atoms with van der Waals surface area (Å²) in [6.45, 7) is 0.807. The Hall–Kier alpha value is -2.49. The summed E-state index contributed by atoms with van der Waals surface area (Å²) >= 11 is 0. The number of hydrogen-bond donors (Lipinski definition) is 1. The number of anilines is 3. The molecule has 5 rings (SSSR count). The van der Waals surface area contributed by atoms with E-state index in [1.54, 1.807) is 0 Å². The van der Waals surface area contributed by atoms with E-state index in [9.17, 15) is 0 Å². The summed E-state index contributed by atoms with van der Waals surface area (Å²) in [7, 11) is 0. The van der Waals surface area contributed by atoms with Crippen molar-refractivity contribution in [1.29, 1.82) is 0 Å². The number of nitrogen functional groups attached to an aromatic ring is 1. The maximum absolute atomic E-state index is 6.01. The van der Waals surface area contributed by atoms with Crippen molar-refractivity contribution in [3.05, 3.63) is 54.1 Å². The highest BCUT2D eigenvalue weighted by atomic mass is 15.5. The second kappa shape index (κ2) is 9.33. The molecule has 2 N–H and O–H groups in total. The molecule has 2 aromatic rings. The van der Waals surface area contributed by atoms with Crippen molar-refractivity contribution < 1.29 is 0 Å². The summed E-state index contributed by atoms with van der Waals surface area (Å²) in [4.78, 5) is 2.46. The van der Waals surface area contributed by atoms with E-state index < -0.39 is 0 Å². The van der Waals surface area contributed by atoms with Crippen LogP contribution in [0.3, 0.4) is 0 Å². The van der Waals surface area contributed by atoms with Crippen LogP contribution in [0.15, 0.2) is 53.6 Å². The number of hydrogen-bond acceptors (Lipinski definition) is 4. The van der Waals surface area contributed by atoms with Gasteiger partial charge in [-0.2, -0.15) is 5.10 Å². The number of nitrogens with two attached hydrogens (primary N) is 1. The predicted octanol–water partition coefficient (Wildman–Crippen LogP) is 6.69. The highest BCUT2D eigenvalue weighted by molar-refractivity contribution is 6.07. The van der Waals surface area contributed by atoms with Crippen molar-refractivity contribution in [2.45, 2.75) is 76.7 Å². The standard InChI is InChI=1S/C27H36N4/c28-22-16-18-23(19-17-22)30-20-31(24-12-6-1-2-7-13-24)29-27(21-10-4-3-5-11-21)25-14-8-9-15-26(25)30/h8-9,14-19,21,24H,1-7,10-13,20,28H2. The largest absolute Gasteiger partial charge is 0.399 e. The van der Waals surface area contributed by atoms with Gasteiger partial charge in [-0.15, -0.1) is 0 Å². The summed E-state index contributed by atoms with van der Waals surface area (Å²) in [5.41, 5.74) is 12.0. The van der Waals surface area contributed by atoms with E-state index >= 15 is 0 Å². The molecule has 0 radical (unpaired) electrons. The molecule has 4 heteroatoms. The third-order valence-corrected chi connectivity index (χ3v) is 7.44. The monoisotopic (exact) mass is 416 g/mol. The summed E-state index contributed by atoms with van der Waals surface area (Å²) in [5.74, 6) is 0.578. The average molecular weight is 417 g/mol. The van der Waals surface area contributed by atoms with Crippen molar-refractivity contribution in [2.24, 2.45) is 11.0 Å². The van der Waals surface area contributed by atoms with Gasteiger partial charge in [0.25, 0.3) is 0 Å². The molecular formula is C27H36N4. The highest BCUT2D eigenvalue weighted by Gasteiger charge is 2.31. The Kier molecular flexibility index (Phi) is 6.15. The Bertz CT molecular complexity index is 890. The van der Waals surface area contributed by atoms with Gasteiger partial charge in [0.05, 0.1) is 11.4 Å². The van der Waals surface area contributed by atoms with Crippen LogP contribution >= 0.6 is 0 Å². The lowest BCUT2D eigenvalue weighted by Gasteiger charge is -2.34. The van der Waals surface area contributed by atoms with Gasteiger partial charge in [-0.1, -0.05) is 63.1 Å². The number of rotatable bonds is 3. The summed E-state index contributed by atoms with van der Waals surface area (Å²) in [5, 5.41) is 7.93. The lowest BCUT2D eigenvalue weighted by Crippen LogP contribution is -2.38. The molecule has 0 bridgehead atoms. The van der Waals surface area contributed by atoms with Crippen molar-refractivity contribution >= 4 is 22.8 Å². The lowest BCUT2D eigenvalue weighted by molar-refractivity contribution is 0.190. The molecule has 2 fully saturated rings. The number of fused-ring (bicyclic) bond motifs is 1. The van der Waals surface area contributed by atoms with E-state index in [-0.39, 0.29) is 0 Å². The van der Waals surface area contributed by atoms with Crippen molar-refractivity contribution in [1.82, 2.24) is 5.01 Å². The Labute approximate surface area is 187 Å². The number of para-hydroxylation sites is 1. The first-order chi connectivity index (χ1) is 15.3. The maximum Gasteiger partial charge on any atom is 0.112 e. The van der Waals surface area contributed by atoms with Gasteiger partial charge in [-0.3, -0.25) is 5.01 Å². The van der Waals surface area contributed by atoms with Crippen LogP contribution in [-0.2, 0) is 0 Å². The molecule has 2 aromatic carbocycles. The third kappa shape index (κ3) is 4.44. The molecule has 164 valence electrons. The second-order valence-electron chi connectivity index (χ2n) is 9.58. The van der Waals surface area contributed by atoms with Crippen LogP contribution in [0.2, 0.25) is 0 Å². The van der Waals surface area contributed by atoms with E-state index in [2.05, 4.69) is 46.3 Å². The smallest absolute Gasteiger partial charge is 0.112 e.